The van der Waals surface area contributed by atoms with Crippen LogP contribution >= 0.6 is 47.2 Å². The molecule has 152 valence electrons. The molecule has 0 aliphatic heterocycles. The van der Waals surface area contributed by atoms with Crippen molar-refractivity contribution in [2.75, 3.05) is 39.2 Å². The van der Waals surface area contributed by atoms with Crippen LogP contribution in [0, 0.1) is 11.3 Å². The Kier molecular flexibility index (Phi) is 9.34. The van der Waals surface area contributed by atoms with Gasteiger partial charge in [-0.05, 0) is 32.6 Å². The van der Waals surface area contributed by atoms with Gasteiger partial charge in [-0.2, -0.15) is 10.2 Å². The average molecular weight is 468 g/mol. The number of nitriles is 1. The molecule has 1 heterocycles. The minimum Gasteiger partial charge on any atom is -0.449 e. The summed E-state index contributed by atoms with van der Waals surface area (Å²) in [5.41, 5.74) is 0.217. The zero-order chi connectivity index (χ0) is 20.1. The maximum absolute atomic E-state index is 12.2. The van der Waals surface area contributed by atoms with E-state index in [-0.39, 0.29) is 46.5 Å². The number of hydrogen-bond acceptors (Lipinski definition) is 6. The Morgan fingerprint density at radius 1 is 1.29 bits per heavy atom. The zero-order valence-corrected chi connectivity index (χ0v) is 18.4. The van der Waals surface area contributed by atoms with Crippen molar-refractivity contribution >= 4 is 59.2 Å². The van der Waals surface area contributed by atoms with E-state index in [0.29, 0.717) is 17.0 Å². The molecule has 0 saturated carbocycles. The van der Waals surface area contributed by atoms with Gasteiger partial charge in [-0.25, -0.2) is 9.69 Å². The minimum atomic E-state index is -0.664. The van der Waals surface area contributed by atoms with E-state index >= 15 is 0 Å². The molecular weight excluding hydrogens is 450 g/mol. The lowest BCUT2D eigenvalue weighted by Crippen LogP contribution is -2.28. The molecular formula is C17H18Cl4N4O3. The van der Waals surface area contributed by atoms with Gasteiger partial charge >= 0.3 is 6.09 Å². The van der Waals surface area contributed by atoms with E-state index in [0.717, 1.165) is 11.4 Å². The number of rotatable bonds is 6. The van der Waals surface area contributed by atoms with Crippen molar-refractivity contribution in [1.29, 1.82) is 5.26 Å². The maximum Gasteiger partial charge on any atom is 0.416 e. The first-order valence-electron chi connectivity index (χ1n) is 7.85. The van der Waals surface area contributed by atoms with Crippen molar-refractivity contribution in [2.45, 2.75) is 6.42 Å². The van der Waals surface area contributed by atoms with Crippen LogP contribution < -0.4 is 4.90 Å². The molecule has 0 aliphatic carbocycles. The van der Waals surface area contributed by atoms with Crippen molar-refractivity contribution in [3.8, 4) is 17.5 Å². The van der Waals surface area contributed by atoms with E-state index in [1.165, 1.54) is 19.2 Å². The number of halogens is 4. The number of anilines is 1. The summed E-state index contributed by atoms with van der Waals surface area (Å²) in [6, 6.07) is 4.86. The molecule has 0 bridgehead atoms. The van der Waals surface area contributed by atoms with Crippen LogP contribution in [-0.2, 0) is 4.74 Å². The Morgan fingerprint density at radius 2 is 1.96 bits per heavy atom. The number of ether oxygens (including phenoxy) is 1. The largest absolute Gasteiger partial charge is 0.449 e. The monoisotopic (exact) mass is 466 g/mol. The van der Waals surface area contributed by atoms with E-state index in [4.69, 9.17) is 44.0 Å². The second kappa shape index (κ2) is 10.7. The van der Waals surface area contributed by atoms with Gasteiger partial charge in [0.05, 0.1) is 22.2 Å². The summed E-state index contributed by atoms with van der Waals surface area (Å²) in [5.74, 6) is -0.0412. The summed E-state index contributed by atoms with van der Waals surface area (Å²) in [7, 11) is 5.28. The third kappa shape index (κ3) is 5.90. The number of aromatic nitrogens is 1. The van der Waals surface area contributed by atoms with Crippen LogP contribution in [0.1, 0.15) is 12.1 Å². The number of hydrogen-bond donors (Lipinski definition) is 0. The molecule has 0 N–H and O–H groups in total. The highest BCUT2D eigenvalue weighted by Gasteiger charge is 2.25. The molecule has 0 fully saturated rings. The van der Waals surface area contributed by atoms with Crippen LogP contribution in [0.3, 0.4) is 0 Å². The van der Waals surface area contributed by atoms with Crippen molar-refractivity contribution in [1.82, 2.24) is 9.88 Å². The van der Waals surface area contributed by atoms with E-state index < -0.39 is 6.09 Å². The van der Waals surface area contributed by atoms with Crippen LogP contribution in [0.5, 0.6) is 0 Å². The van der Waals surface area contributed by atoms with Gasteiger partial charge in [0.2, 0.25) is 17.5 Å². The van der Waals surface area contributed by atoms with Gasteiger partial charge in [0.25, 0.3) is 0 Å². The molecule has 2 rings (SSSR count). The third-order valence-electron chi connectivity index (χ3n) is 3.49. The van der Waals surface area contributed by atoms with Gasteiger partial charge in [-0.3, -0.25) is 0 Å². The standard InChI is InChI=1S/C17H17Cl3N4O3.ClH/c1-23(2)5-4-6-26-17(25)24(3)16-13(9-21)22-15(27-16)11-7-10(18)8-12(19)14(11)20;/h7-8H,4-6H2,1-3H3;1H. The van der Waals surface area contributed by atoms with Crippen LogP contribution in [-0.4, -0.2) is 50.3 Å². The average Bonchev–Trinajstić information content (AvgIpc) is 3.04. The predicted octanol–water partition coefficient (Wildman–Crippen LogP) is 5.12. The van der Waals surface area contributed by atoms with Crippen LogP contribution in [0.25, 0.3) is 11.5 Å². The quantitative estimate of drug-likeness (QED) is 0.433. The fraction of sp³-hybridized carbons (Fsp3) is 0.353. The number of carbonyl (C=O) groups is 1. The summed E-state index contributed by atoms with van der Waals surface area (Å²) in [5, 5.41) is 10.0. The molecule has 0 spiro atoms. The first-order chi connectivity index (χ1) is 12.7. The molecule has 1 aromatic carbocycles. The first-order valence-corrected chi connectivity index (χ1v) is 8.99. The minimum absolute atomic E-state index is 0. The molecule has 2 aromatic rings. The topological polar surface area (TPSA) is 82.6 Å². The molecule has 11 heteroatoms. The van der Waals surface area contributed by atoms with Gasteiger partial charge in [0.1, 0.15) is 6.07 Å². The molecule has 0 radical (unpaired) electrons. The van der Waals surface area contributed by atoms with Crippen LogP contribution in [0.4, 0.5) is 10.7 Å². The van der Waals surface area contributed by atoms with Crippen LogP contribution in [0.2, 0.25) is 15.1 Å². The smallest absolute Gasteiger partial charge is 0.416 e. The molecule has 7 nitrogen and oxygen atoms in total. The highest BCUT2D eigenvalue weighted by Crippen LogP contribution is 2.38. The Hall–Kier alpha value is -1.69. The van der Waals surface area contributed by atoms with E-state index in [1.54, 1.807) is 0 Å². The fourth-order valence-corrected chi connectivity index (χ4v) is 2.84. The number of benzene rings is 1. The number of amides is 1. The fourth-order valence-electron chi connectivity index (χ4n) is 2.16. The Balaban J connectivity index is 0.00000392. The normalized spacial score (nSPS) is 10.4. The van der Waals surface area contributed by atoms with Gasteiger partial charge < -0.3 is 14.1 Å². The summed E-state index contributed by atoms with van der Waals surface area (Å²) < 4.78 is 10.8. The SMILES string of the molecule is CN(C)CCCOC(=O)N(C)c1oc(-c2cc(Cl)cc(Cl)c2Cl)nc1C#N.Cl. The van der Waals surface area contributed by atoms with Crippen molar-refractivity contribution < 1.29 is 13.9 Å². The second-order valence-corrected chi connectivity index (χ2v) is 7.09. The van der Waals surface area contributed by atoms with E-state index in [2.05, 4.69) is 4.98 Å². The summed E-state index contributed by atoms with van der Waals surface area (Å²) in [6.45, 7) is 1.01. The number of nitrogens with zero attached hydrogens (tertiary/aromatic N) is 4. The van der Waals surface area contributed by atoms with Crippen molar-refractivity contribution in [2.24, 2.45) is 0 Å². The lowest BCUT2D eigenvalue weighted by molar-refractivity contribution is 0.149. The maximum atomic E-state index is 12.2. The van der Waals surface area contributed by atoms with Crippen molar-refractivity contribution in [3.63, 3.8) is 0 Å². The van der Waals surface area contributed by atoms with Crippen LogP contribution in [0.15, 0.2) is 16.5 Å². The molecule has 0 unspecified atom stereocenters. The summed E-state index contributed by atoms with van der Waals surface area (Å²) in [6.07, 6.45) is 0.0128. The highest BCUT2D eigenvalue weighted by atomic mass is 35.5. The van der Waals surface area contributed by atoms with Gasteiger partial charge in [0, 0.05) is 18.6 Å². The third-order valence-corrected chi connectivity index (χ3v) is 4.51. The molecule has 28 heavy (non-hydrogen) atoms. The van der Waals surface area contributed by atoms with E-state index in [1.807, 2.05) is 25.1 Å². The molecule has 1 aromatic heterocycles. The van der Waals surface area contributed by atoms with Gasteiger partial charge in [0.15, 0.2) is 0 Å². The second-order valence-electron chi connectivity index (χ2n) is 5.86. The molecule has 0 atom stereocenters. The lowest BCUT2D eigenvalue weighted by Gasteiger charge is -2.15. The van der Waals surface area contributed by atoms with E-state index in [9.17, 15) is 10.1 Å². The molecule has 0 aliphatic rings. The van der Waals surface area contributed by atoms with Gasteiger partial charge in [-0.1, -0.05) is 34.8 Å². The van der Waals surface area contributed by atoms with Crippen molar-refractivity contribution in [3.05, 3.63) is 32.9 Å². The molecule has 1 amide bonds. The van der Waals surface area contributed by atoms with Gasteiger partial charge in [-0.15, -0.1) is 12.4 Å². The Morgan fingerprint density at radius 3 is 2.57 bits per heavy atom. The summed E-state index contributed by atoms with van der Waals surface area (Å²) >= 11 is 18.2. The summed E-state index contributed by atoms with van der Waals surface area (Å²) in [4.78, 5) is 19.3. The first kappa shape index (κ1) is 24.3. The Bertz CT molecular complexity index is 880. The number of oxazole rings is 1. The highest BCUT2D eigenvalue weighted by molar-refractivity contribution is 6.44. The predicted molar refractivity (Wildman–Crippen MR) is 112 cm³/mol. The Labute approximate surface area is 184 Å². The zero-order valence-electron chi connectivity index (χ0n) is 15.3. The number of carbonyl (C=O) groups excluding carboxylic acids is 1. The molecule has 0 saturated heterocycles. The lowest BCUT2D eigenvalue weighted by atomic mass is 10.2.